The molecule has 0 spiro atoms. The Bertz CT molecular complexity index is 1750. The van der Waals surface area contributed by atoms with Gasteiger partial charge in [0.25, 0.3) is 0 Å². The molecule has 0 N–H and O–H groups in total. The number of ether oxygens (including phenoxy) is 4. The van der Waals surface area contributed by atoms with Crippen molar-refractivity contribution in [3.05, 3.63) is 139 Å². The summed E-state index contributed by atoms with van der Waals surface area (Å²) in [7, 11) is 0. The molecule has 8 aliphatic rings. The van der Waals surface area contributed by atoms with Gasteiger partial charge in [-0.15, -0.1) is 0 Å². The van der Waals surface area contributed by atoms with Crippen LogP contribution in [0.15, 0.2) is 72.8 Å². The highest BCUT2D eigenvalue weighted by molar-refractivity contribution is 6.31. The van der Waals surface area contributed by atoms with Gasteiger partial charge in [-0.2, -0.15) is 0 Å². The van der Waals surface area contributed by atoms with Crippen LogP contribution in [0, 0.1) is 11.6 Å². The van der Waals surface area contributed by atoms with Crippen LogP contribution in [0.1, 0.15) is 68.9 Å². The number of halogens is 4. The van der Waals surface area contributed by atoms with Gasteiger partial charge < -0.3 is 18.9 Å². The molecule has 4 aromatic carbocycles. The van der Waals surface area contributed by atoms with E-state index in [2.05, 4.69) is 30.3 Å². The highest BCUT2D eigenvalue weighted by Gasteiger charge is 2.49. The Hall–Kier alpha value is -2.84. The minimum atomic E-state index is -0.187. The SMILES string of the molecule is Clc1ccc2c(c1)[C@@H]1O[C@@H]1C2.Fc1cc(Cl)cc2c1C[C@H]1O[C@@H]21.Fc1ccc2c(c1)[C@@H]1O[C@@H]1C2.c1ccc2c(c1)C[C@H]1O[C@@H]21. The molecule has 0 unspecified atom stereocenters. The average Bonchev–Trinajstić information content (AvgIpc) is 3.96. The lowest BCUT2D eigenvalue weighted by Crippen LogP contribution is -1.93. The predicted molar refractivity (Wildman–Crippen MR) is 161 cm³/mol. The molecule has 4 fully saturated rings. The topological polar surface area (TPSA) is 50.1 Å². The summed E-state index contributed by atoms with van der Waals surface area (Å²) in [6, 6.07) is 22.8. The Morgan fingerprint density at radius 1 is 0.500 bits per heavy atom. The Kier molecular flexibility index (Phi) is 6.46. The van der Waals surface area contributed by atoms with E-state index >= 15 is 0 Å². The van der Waals surface area contributed by atoms with E-state index in [1.165, 1.54) is 39.9 Å². The summed E-state index contributed by atoms with van der Waals surface area (Å²) in [6.45, 7) is 0. The normalized spacial score (nSPS) is 31.4. The molecule has 0 saturated carbocycles. The maximum absolute atomic E-state index is 13.2. The van der Waals surface area contributed by atoms with E-state index in [-0.39, 0.29) is 29.9 Å². The minimum absolute atomic E-state index is 0.133. The summed E-state index contributed by atoms with van der Waals surface area (Å²) in [5.74, 6) is -0.340. The van der Waals surface area contributed by atoms with Crippen LogP contribution in [0.2, 0.25) is 10.0 Å². The van der Waals surface area contributed by atoms with Crippen LogP contribution in [0.4, 0.5) is 8.78 Å². The minimum Gasteiger partial charge on any atom is -0.364 e. The largest absolute Gasteiger partial charge is 0.364 e. The second kappa shape index (κ2) is 10.3. The maximum atomic E-state index is 13.2. The smallest absolute Gasteiger partial charge is 0.128 e. The van der Waals surface area contributed by atoms with E-state index in [1.807, 2.05) is 18.2 Å². The van der Waals surface area contributed by atoms with Crippen molar-refractivity contribution < 1.29 is 27.7 Å². The third-order valence-corrected chi connectivity index (χ3v) is 10.1. The van der Waals surface area contributed by atoms with Crippen molar-refractivity contribution in [1.29, 1.82) is 0 Å². The average molecular weight is 634 g/mol. The molecular weight excluding hydrogens is 605 g/mol. The van der Waals surface area contributed by atoms with Gasteiger partial charge in [0.15, 0.2) is 0 Å². The molecule has 0 bridgehead atoms. The Labute approximate surface area is 263 Å². The molecule has 0 amide bonds. The van der Waals surface area contributed by atoms with Crippen LogP contribution in [0.3, 0.4) is 0 Å². The molecule has 44 heavy (non-hydrogen) atoms. The molecule has 8 heteroatoms. The zero-order chi connectivity index (χ0) is 29.7. The molecule has 12 rings (SSSR count). The molecule has 4 aliphatic heterocycles. The van der Waals surface area contributed by atoms with Crippen LogP contribution in [0.5, 0.6) is 0 Å². The summed E-state index contributed by atoms with van der Waals surface area (Å²) >= 11 is 11.6. The fraction of sp³-hybridized carbons (Fsp3) is 0.333. The quantitative estimate of drug-likeness (QED) is 0.183. The van der Waals surface area contributed by atoms with E-state index in [0.717, 1.165) is 41.0 Å². The first-order valence-electron chi connectivity index (χ1n) is 15.1. The molecule has 4 aliphatic carbocycles. The van der Waals surface area contributed by atoms with Crippen molar-refractivity contribution in [3.63, 3.8) is 0 Å². The van der Waals surface area contributed by atoms with Gasteiger partial charge in [0.05, 0.1) is 24.4 Å². The predicted octanol–water partition coefficient (Wildman–Crippen LogP) is 8.32. The third kappa shape index (κ3) is 5.06. The lowest BCUT2D eigenvalue weighted by molar-refractivity contribution is 0.357. The van der Waals surface area contributed by atoms with E-state index in [1.54, 1.807) is 12.1 Å². The summed E-state index contributed by atoms with van der Waals surface area (Å²) in [6.07, 6.45) is 6.72. The zero-order valence-electron chi connectivity index (χ0n) is 23.5. The van der Waals surface area contributed by atoms with Crippen LogP contribution < -0.4 is 0 Å². The first-order valence-corrected chi connectivity index (χ1v) is 15.9. The molecule has 224 valence electrons. The van der Waals surface area contributed by atoms with Gasteiger partial charge in [0.1, 0.15) is 36.1 Å². The van der Waals surface area contributed by atoms with Gasteiger partial charge in [-0.25, -0.2) is 8.78 Å². The maximum Gasteiger partial charge on any atom is 0.128 e. The number of rotatable bonds is 0. The Balaban J connectivity index is 0.0000000821. The molecule has 8 atom stereocenters. The number of benzene rings is 4. The summed E-state index contributed by atoms with van der Waals surface area (Å²) in [4.78, 5) is 0. The van der Waals surface area contributed by atoms with Gasteiger partial charge in [-0.05, 0) is 80.9 Å². The van der Waals surface area contributed by atoms with Gasteiger partial charge in [-0.1, -0.05) is 59.6 Å². The standard InChI is InChI=1S/C9H6ClFO.C9H7ClO.C9H7FO.C9H8O/c10-4-1-6-5(7(11)2-4)3-8-9(6)12-8;2*10-6-2-1-5-3-8-9(11-8)7(5)4-6;1-2-4-7-6(3-1)5-8-9(7)10-8/h1-2,8-9H,3H2;2*1-2,4,8-9H,3H2;1-4,8-9H,5H2/t4*8-,9+/m1111/s1. The third-order valence-electron chi connectivity index (χ3n) is 9.69. The number of epoxide rings is 4. The fourth-order valence-corrected chi connectivity index (χ4v) is 7.66. The second-order valence-electron chi connectivity index (χ2n) is 12.5. The first-order chi connectivity index (χ1) is 21.4. The molecule has 0 aromatic heterocycles. The Morgan fingerprint density at radius 3 is 1.70 bits per heavy atom. The number of hydrogen-bond acceptors (Lipinski definition) is 4. The number of hydrogen-bond donors (Lipinski definition) is 0. The van der Waals surface area contributed by atoms with Gasteiger partial charge >= 0.3 is 0 Å². The lowest BCUT2D eigenvalue weighted by Gasteiger charge is -2.03. The van der Waals surface area contributed by atoms with Gasteiger partial charge in [0.2, 0.25) is 0 Å². The Morgan fingerprint density at radius 2 is 1.02 bits per heavy atom. The van der Waals surface area contributed by atoms with Gasteiger partial charge in [-0.3, -0.25) is 0 Å². The first kappa shape index (κ1) is 27.5. The fourth-order valence-electron chi connectivity index (χ4n) is 7.26. The molecule has 4 aromatic rings. The monoisotopic (exact) mass is 632 g/mol. The van der Waals surface area contributed by atoms with Crippen LogP contribution in [0.25, 0.3) is 0 Å². The van der Waals surface area contributed by atoms with Crippen LogP contribution in [-0.2, 0) is 44.6 Å². The number of fused-ring (bicyclic) bond motifs is 12. The highest BCUT2D eigenvalue weighted by Crippen LogP contribution is 2.51. The van der Waals surface area contributed by atoms with Crippen molar-refractivity contribution in [2.24, 2.45) is 0 Å². The van der Waals surface area contributed by atoms with E-state index in [0.29, 0.717) is 42.0 Å². The van der Waals surface area contributed by atoms with Crippen molar-refractivity contribution in [3.8, 4) is 0 Å². The molecule has 0 radical (unpaired) electrons. The lowest BCUT2D eigenvalue weighted by atomic mass is 10.1. The molecule has 4 saturated heterocycles. The van der Waals surface area contributed by atoms with Crippen molar-refractivity contribution in [2.75, 3.05) is 0 Å². The van der Waals surface area contributed by atoms with Gasteiger partial charge in [0, 0.05) is 35.7 Å². The van der Waals surface area contributed by atoms with Crippen LogP contribution >= 0.6 is 23.2 Å². The molecular formula is C36H28Cl2F2O4. The van der Waals surface area contributed by atoms with E-state index in [4.69, 9.17) is 42.1 Å². The van der Waals surface area contributed by atoms with E-state index < -0.39 is 0 Å². The molecule has 4 heterocycles. The molecule has 4 nitrogen and oxygen atoms in total. The van der Waals surface area contributed by atoms with Crippen LogP contribution in [-0.4, -0.2) is 24.4 Å². The zero-order valence-corrected chi connectivity index (χ0v) is 25.0. The summed E-state index contributed by atoms with van der Waals surface area (Å²) < 4.78 is 47.2. The van der Waals surface area contributed by atoms with Crippen molar-refractivity contribution in [2.45, 2.75) is 74.5 Å². The van der Waals surface area contributed by atoms with Crippen molar-refractivity contribution in [1.82, 2.24) is 0 Å². The summed E-state index contributed by atoms with van der Waals surface area (Å²) in [5, 5.41) is 1.28. The summed E-state index contributed by atoms with van der Waals surface area (Å²) in [5.41, 5.74) is 9.70. The second-order valence-corrected chi connectivity index (χ2v) is 13.4. The van der Waals surface area contributed by atoms with E-state index in [9.17, 15) is 8.78 Å². The highest BCUT2D eigenvalue weighted by atomic mass is 35.5. The van der Waals surface area contributed by atoms with Crippen molar-refractivity contribution >= 4 is 23.2 Å².